The van der Waals surface area contributed by atoms with Crippen LogP contribution in [0.15, 0.2) is 22.7 Å². The molecule has 0 saturated carbocycles. The Labute approximate surface area is 113 Å². The largest absolute Gasteiger partial charge is 0.311 e. The highest BCUT2D eigenvalue weighted by molar-refractivity contribution is 9.10. The van der Waals surface area contributed by atoms with Crippen LogP contribution in [0, 0.1) is 6.92 Å². The lowest BCUT2D eigenvalue weighted by Gasteiger charge is -2.04. The van der Waals surface area contributed by atoms with Crippen molar-refractivity contribution in [1.29, 1.82) is 0 Å². The molecule has 2 aromatic rings. The molecule has 0 aliphatic carbocycles. The van der Waals surface area contributed by atoms with Gasteiger partial charge in [-0.2, -0.15) is 0 Å². The molecule has 0 fully saturated rings. The molecule has 1 atom stereocenters. The van der Waals surface area contributed by atoms with E-state index in [0.29, 0.717) is 0 Å². The van der Waals surface area contributed by atoms with E-state index < -0.39 is 0 Å². The molecule has 0 bridgehead atoms. The second-order valence-electron chi connectivity index (χ2n) is 3.92. The Morgan fingerprint density at radius 2 is 2.12 bits per heavy atom. The Balaban J connectivity index is 2.40. The first-order valence-corrected chi connectivity index (χ1v) is 7.00. The van der Waals surface area contributed by atoms with E-state index in [4.69, 9.17) is 0 Å². The van der Waals surface area contributed by atoms with Gasteiger partial charge in [0.1, 0.15) is 10.0 Å². The fourth-order valence-electron chi connectivity index (χ4n) is 1.47. The van der Waals surface area contributed by atoms with Gasteiger partial charge in [-0.15, -0.1) is 10.2 Å². The van der Waals surface area contributed by atoms with Crippen LogP contribution in [0.25, 0.3) is 10.6 Å². The number of aryl methyl sites for hydroxylation is 1. The summed E-state index contributed by atoms with van der Waals surface area (Å²) in [7, 11) is 1.93. The Hall–Kier alpha value is -0.780. The van der Waals surface area contributed by atoms with Gasteiger partial charge >= 0.3 is 0 Å². The van der Waals surface area contributed by atoms with Crippen molar-refractivity contribution in [3.05, 3.63) is 33.2 Å². The van der Waals surface area contributed by atoms with Crippen molar-refractivity contribution in [1.82, 2.24) is 15.5 Å². The van der Waals surface area contributed by atoms with Gasteiger partial charge in [-0.3, -0.25) is 0 Å². The van der Waals surface area contributed by atoms with Crippen molar-refractivity contribution >= 4 is 27.3 Å². The zero-order valence-corrected chi connectivity index (χ0v) is 12.4. The van der Waals surface area contributed by atoms with E-state index in [0.717, 1.165) is 20.1 Å². The summed E-state index contributed by atoms with van der Waals surface area (Å²) in [6.45, 7) is 4.17. The molecule has 0 aliphatic heterocycles. The maximum absolute atomic E-state index is 4.27. The number of halogens is 1. The quantitative estimate of drug-likeness (QED) is 0.942. The van der Waals surface area contributed by atoms with E-state index in [2.05, 4.69) is 57.4 Å². The Kier molecular flexibility index (Phi) is 3.91. The van der Waals surface area contributed by atoms with Crippen LogP contribution in [-0.4, -0.2) is 17.2 Å². The van der Waals surface area contributed by atoms with Crippen molar-refractivity contribution in [2.24, 2.45) is 0 Å². The summed E-state index contributed by atoms with van der Waals surface area (Å²) in [5, 5.41) is 13.6. The topological polar surface area (TPSA) is 37.8 Å². The van der Waals surface area contributed by atoms with Crippen molar-refractivity contribution in [3.63, 3.8) is 0 Å². The van der Waals surface area contributed by atoms with Gasteiger partial charge in [-0.05, 0) is 38.6 Å². The number of nitrogens with zero attached hydrogens (tertiary/aromatic N) is 2. The fraction of sp³-hybridized carbons (Fsp3) is 0.333. The SMILES string of the molecule is CNC(C)c1nnc(-c2cc(Br)ccc2C)s1. The molecule has 0 amide bonds. The number of rotatable bonds is 3. The van der Waals surface area contributed by atoms with Gasteiger partial charge in [0.25, 0.3) is 0 Å². The smallest absolute Gasteiger partial charge is 0.148 e. The van der Waals surface area contributed by atoms with E-state index in [1.807, 2.05) is 13.1 Å². The Morgan fingerprint density at radius 1 is 1.35 bits per heavy atom. The lowest BCUT2D eigenvalue weighted by atomic mass is 10.1. The van der Waals surface area contributed by atoms with Crippen LogP contribution in [0.3, 0.4) is 0 Å². The van der Waals surface area contributed by atoms with Crippen LogP contribution in [0.1, 0.15) is 23.5 Å². The highest BCUT2D eigenvalue weighted by atomic mass is 79.9. The molecule has 17 heavy (non-hydrogen) atoms. The molecule has 3 nitrogen and oxygen atoms in total. The zero-order chi connectivity index (χ0) is 12.4. The van der Waals surface area contributed by atoms with Crippen LogP contribution in [-0.2, 0) is 0 Å². The molecule has 1 N–H and O–H groups in total. The van der Waals surface area contributed by atoms with Gasteiger partial charge in [0.15, 0.2) is 0 Å². The molecule has 0 radical (unpaired) electrons. The summed E-state index contributed by atoms with van der Waals surface area (Å²) >= 11 is 5.12. The van der Waals surface area contributed by atoms with E-state index in [1.54, 1.807) is 11.3 Å². The predicted molar refractivity (Wildman–Crippen MR) is 75.3 cm³/mol. The first-order valence-electron chi connectivity index (χ1n) is 5.39. The molecule has 1 aromatic carbocycles. The van der Waals surface area contributed by atoms with Gasteiger partial charge in [0.2, 0.25) is 0 Å². The van der Waals surface area contributed by atoms with Gasteiger partial charge in [0.05, 0.1) is 6.04 Å². The van der Waals surface area contributed by atoms with Crippen molar-refractivity contribution in [3.8, 4) is 10.6 Å². The van der Waals surface area contributed by atoms with Gasteiger partial charge < -0.3 is 5.32 Å². The normalized spacial score (nSPS) is 12.7. The number of nitrogens with one attached hydrogen (secondary N) is 1. The standard InChI is InChI=1S/C12H14BrN3S/c1-7-4-5-9(13)6-10(7)12-16-15-11(17-12)8(2)14-3/h4-6,8,14H,1-3H3. The molecule has 0 saturated heterocycles. The van der Waals surface area contributed by atoms with Gasteiger partial charge in [0, 0.05) is 10.0 Å². The highest BCUT2D eigenvalue weighted by Crippen LogP contribution is 2.30. The van der Waals surface area contributed by atoms with E-state index >= 15 is 0 Å². The lowest BCUT2D eigenvalue weighted by Crippen LogP contribution is -2.11. The maximum atomic E-state index is 4.27. The zero-order valence-electron chi connectivity index (χ0n) is 9.99. The van der Waals surface area contributed by atoms with E-state index in [-0.39, 0.29) is 6.04 Å². The van der Waals surface area contributed by atoms with Crippen LogP contribution < -0.4 is 5.32 Å². The molecule has 0 spiro atoms. The van der Waals surface area contributed by atoms with Crippen molar-refractivity contribution in [2.45, 2.75) is 19.9 Å². The van der Waals surface area contributed by atoms with Crippen LogP contribution in [0.4, 0.5) is 0 Å². The number of hydrogen-bond donors (Lipinski definition) is 1. The summed E-state index contributed by atoms with van der Waals surface area (Å²) in [4.78, 5) is 0. The van der Waals surface area contributed by atoms with Crippen LogP contribution in [0.5, 0.6) is 0 Å². The summed E-state index contributed by atoms with van der Waals surface area (Å²) in [5.74, 6) is 0. The first-order chi connectivity index (χ1) is 8.11. The summed E-state index contributed by atoms with van der Waals surface area (Å²) in [6, 6.07) is 6.46. The molecular formula is C12H14BrN3S. The number of aromatic nitrogens is 2. The average molecular weight is 312 g/mol. The van der Waals surface area contributed by atoms with Crippen molar-refractivity contribution < 1.29 is 0 Å². The molecule has 2 rings (SSSR count). The molecule has 1 aromatic heterocycles. The Bertz CT molecular complexity index is 524. The summed E-state index contributed by atoms with van der Waals surface area (Å²) in [5.41, 5.74) is 2.36. The second kappa shape index (κ2) is 5.25. The van der Waals surface area contributed by atoms with Crippen molar-refractivity contribution in [2.75, 3.05) is 7.05 Å². The Morgan fingerprint density at radius 3 is 2.82 bits per heavy atom. The fourth-order valence-corrected chi connectivity index (χ4v) is 2.81. The average Bonchev–Trinajstić information content (AvgIpc) is 2.80. The molecule has 0 aliphatic rings. The second-order valence-corrected chi connectivity index (χ2v) is 5.84. The third kappa shape index (κ3) is 2.73. The minimum atomic E-state index is 0.244. The molecule has 90 valence electrons. The molecule has 1 unspecified atom stereocenters. The maximum Gasteiger partial charge on any atom is 0.148 e. The predicted octanol–water partition coefficient (Wildman–Crippen LogP) is 3.56. The number of benzene rings is 1. The minimum Gasteiger partial charge on any atom is -0.311 e. The third-order valence-corrected chi connectivity index (χ3v) is 4.31. The summed E-state index contributed by atoms with van der Waals surface area (Å²) < 4.78 is 1.07. The molecule has 5 heteroatoms. The first kappa shape index (κ1) is 12.7. The molecule has 1 heterocycles. The number of hydrogen-bond acceptors (Lipinski definition) is 4. The lowest BCUT2D eigenvalue weighted by molar-refractivity contribution is 0.640. The molecular weight excluding hydrogens is 298 g/mol. The highest BCUT2D eigenvalue weighted by Gasteiger charge is 2.12. The van der Waals surface area contributed by atoms with E-state index in [9.17, 15) is 0 Å². The summed E-state index contributed by atoms with van der Waals surface area (Å²) in [6.07, 6.45) is 0. The van der Waals surface area contributed by atoms with Gasteiger partial charge in [-0.25, -0.2) is 0 Å². The minimum absolute atomic E-state index is 0.244. The third-order valence-electron chi connectivity index (χ3n) is 2.67. The monoisotopic (exact) mass is 311 g/mol. The van der Waals surface area contributed by atoms with Crippen LogP contribution in [0.2, 0.25) is 0 Å². The van der Waals surface area contributed by atoms with Gasteiger partial charge in [-0.1, -0.05) is 33.3 Å². The van der Waals surface area contributed by atoms with E-state index in [1.165, 1.54) is 5.56 Å². The van der Waals surface area contributed by atoms with Crippen LogP contribution >= 0.6 is 27.3 Å².